The van der Waals surface area contributed by atoms with Gasteiger partial charge in [-0.3, -0.25) is 0 Å². The van der Waals surface area contributed by atoms with Crippen LogP contribution >= 0.6 is 0 Å². The summed E-state index contributed by atoms with van der Waals surface area (Å²) in [4.78, 5) is 29.0. The quantitative estimate of drug-likeness (QED) is 0.357. The summed E-state index contributed by atoms with van der Waals surface area (Å²) in [5, 5.41) is 44.2. The van der Waals surface area contributed by atoms with E-state index in [1.165, 1.54) is 0 Å². The van der Waals surface area contributed by atoms with Crippen molar-refractivity contribution in [1.29, 1.82) is 0 Å². The molecule has 0 fully saturated rings. The van der Waals surface area contributed by atoms with E-state index in [-0.39, 0.29) is 40.8 Å². The predicted octanol–water partition coefficient (Wildman–Crippen LogP) is -0.425. The van der Waals surface area contributed by atoms with Gasteiger partial charge in [0.1, 0.15) is 0 Å². The largest absolute Gasteiger partial charge is 3.00 e. The minimum atomic E-state index is -1.75. The van der Waals surface area contributed by atoms with Gasteiger partial charge in [0.25, 0.3) is 0 Å². The molecule has 1 rings (SSSR count). The first kappa shape index (κ1) is 26.8. The second kappa shape index (κ2) is 17.3. The normalized spacial score (nSPS) is 10.3. The third-order valence-electron chi connectivity index (χ3n) is 1.02. The van der Waals surface area contributed by atoms with Crippen molar-refractivity contribution in [3.05, 3.63) is 58.4 Å². The third kappa shape index (κ3) is 71.7. The minimum absolute atomic E-state index is 0. The van der Waals surface area contributed by atoms with Crippen molar-refractivity contribution in [2.24, 2.45) is 0 Å². The zero-order chi connectivity index (χ0) is 16.0. The molecule has 0 aromatic carbocycles. The summed E-state index contributed by atoms with van der Waals surface area (Å²) in [5.41, 5.74) is 0. The van der Waals surface area contributed by atoms with Crippen molar-refractivity contribution in [3.8, 4) is 0 Å². The molecule has 0 spiro atoms. The smallest absolute Gasteiger partial charge is 0.362 e. The van der Waals surface area contributed by atoms with Crippen molar-refractivity contribution in [3.63, 3.8) is 0 Å². The molecule has 0 saturated carbocycles. The Hall–Kier alpha value is -1.71. The van der Waals surface area contributed by atoms with E-state index in [0.717, 1.165) is 6.67 Å². The summed E-state index contributed by atoms with van der Waals surface area (Å²) in [6.45, 7) is 1.03. The van der Waals surface area contributed by atoms with Gasteiger partial charge in [0, 0.05) is 26.5 Å². The Kier molecular flexibility index (Phi) is 23.1. The van der Waals surface area contributed by atoms with Gasteiger partial charge in [0.2, 0.25) is 0 Å². The van der Waals surface area contributed by atoms with Crippen LogP contribution in [0.4, 0.5) is 0 Å². The Morgan fingerprint density at radius 3 is 0.950 bits per heavy atom. The predicted molar refractivity (Wildman–Crippen MR) is 60.6 cm³/mol. The van der Waals surface area contributed by atoms with Gasteiger partial charge in [-0.05, 0) is 0 Å². The van der Waals surface area contributed by atoms with Gasteiger partial charge >= 0.3 is 40.8 Å². The van der Waals surface area contributed by atoms with Gasteiger partial charge in [0.15, 0.2) is 0 Å². The fourth-order valence-electron chi connectivity index (χ4n) is 0.674. The van der Waals surface area contributed by atoms with Gasteiger partial charge in [-0.25, -0.2) is 0 Å². The van der Waals surface area contributed by atoms with Gasteiger partial charge < -0.3 is 55.8 Å². The molecule has 15 heteroatoms. The van der Waals surface area contributed by atoms with Crippen LogP contribution in [0.1, 0.15) is 0 Å². The number of nitrogens with zero attached hydrogens (tertiary/aromatic N) is 5. The van der Waals surface area contributed by atoms with E-state index in [4.69, 9.17) is 46.0 Å². The Morgan fingerprint density at radius 2 is 0.900 bits per heavy atom. The van der Waals surface area contributed by atoms with Crippen LogP contribution in [-0.4, -0.2) is 45.8 Å². The zero-order valence-electron chi connectivity index (χ0n) is 10.3. The summed E-state index contributed by atoms with van der Waals surface area (Å²) in [7, 11) is 4.11. The van der Waals surface area contributed by atoms with Crippen LogP contribution < -0.4 is 0 Å². The molecular weight excluding hydrogens is 418 g/mol. The first-order valence-electron chi connectivity index (χ1n) is 4.02. The number of hydrogen-bond acceptors (Lipinski definition) is 11. The van der Waals surface area contributed by atoms with Crippen LogP contribution in [0.15, 0.2) is 12.4 Å². The Balaban J connectivity index is -0.0000000881. The molecule has 1 radical (unpaired) electrons. The van der Waals surface area contributed by atoms with Gasteiger partial charge in [-0.2, -0.15) is 0 Å². The first-order valence-corrected chi connectivity index (χ1v) is 4.02. The molecule has 0 unspecified atom stereocenters. The maximum Gasteiger partial charge on any atom is 3.00 e. The van der Waals surface area contributed by atoms with Crippen LogP contribution in [-0.2, 0) is 0 Å². The van der Waals surface area contributed by atoms with Crippen LogP contribution in [0.25, 0.3) is 0 Å². The fraction of sp³-hybridized carbons (Fsp3) is 0.600. The number of hydrogen-bond donors (Lipinski definition) is 0. The molecule has 1 aliphatic rings. The first-order chi connectivity index (χ1) is 8.48. The average molecular weight is 428 g/mol. The molecule has 14 nitrogen and oxygen atoms in total. The summed E-state index contributed by atoms with van der Waals surface area (Å²) in [6, 6.07) is 0. The van der Waals surface area contributed by atoms with Crippen molar-refractivity contribution >= 4 is 0 Å². The van der Waals surface area contributed by atoms with Gasteiger partial charge in [0.05, 0.1) is 21.9 Å². The van der Waals surface area contributed by atoms with E-state index in [0.29, 0.717) is 0 Å². The van der Waals surface area contributed by atoms with Crippen molar-refractivity contribution in [1.82, 2.24) is 9.80 Å². The maximum atomic E-state index is 8.25. The molecule has 0 amide bonds. The second-order valence-electron chi connectivity index (χ2n) is 2.62. The van der Waals surface area contributed by atoms with Crippen LogP contribution in [0.5, 0.6) is 0 Å². The van der Waals surface area contributed by atoms with E-state index in [1.54, 1.807) is 0 Å². The molecule has 0 N–H and O–H groups in total. The standard InChI is InChI=1S/C5H10N2.3NO3.Nd/c1-6-3-4-7(2)5-6;3*2-1(3)4;/h3-4H,5H2,1-2H3;;;;/q;3*-1;+3. The monoisotopic (exact) mass is 426 g/mol. The molecule has 1 aliphatic heterocycles. The summed E-state index contributed by atoms with van der Waals surface area (Å²) in [6.07, 6.45) is 4.11. The van der Waals surface area contributed by atoms with Crippen LogP contribution in [0.2, 0.25) is 0 Å². The molecule has 0 aliphatic carbocycles. The summed E-state index contributed by atoms with van der Waals surface area (Å²) >= 11 is 0. The average Bonchev–Trinajstić information content (AvgIpc) is 2.46. The van der Waals surface area contributed by atoms with Crippen molar-refractivity contribution in [2.45, 2.75) is 0 Å². The second-order valence-corrected chi connectivity index (χ2v) is 2.62. The van der Waals surface area contributed by atoms with Gasteiger partial charge in [-0.1, -0.05) is 0 Å². The minimum Gasteiger partial charge on any atom is -0.362 e. The molecule has 0 aromatic rings. The molecule has 113 valence electrons. The zero-order valence-corrected chi connectivity index (χ0v) is 13.5. The third-order valence-corrected chi connectivity index (χ3v) is 1.02. The maximum absolute atomic E-state index is 8.25. The van der Waals surface area contributed by atoms with E-state index in [9.17, 15) is 0 Å². The molecule has 0 saturated heterocycles. The molecular formula is C5H10N5NdO9. The van der Waals surface area contributed by atoms with E-state index >= 15 is 0 Å². The van der Waals surface area contributed by atoms with Crippen LogP contribution in [0, 0.1) is 86.8 Å². The topological polar surface area (TPSA) is 205 Å². The Morgan fingerprint density at radius 1 is 0.750 bits per heavy atom. The van der Waals surface area contributed by atoms with E-state index < -0.39 is 15.3 Å². The van der Waals surface area contributed by atoms with E-state index in [1.807, 2.05) is 0 Å². The van der Waals surface area contributed by atoms with E-state index in [2.05, 4.69) is 36.3 Å². The molecule has 20 heavy (non-hydrogen) atoms. The molecule has 1 heterocycles. The van der Waals surface area contributed by atoms with Crippen LogP contribution in [0.3, 0.4) is 0 Å². The van der Waals surface area contributed by atoms with Crippen molar-refractivity contribution in [2.75, 3.05) is 20.8 Å². The summed E-state index contributed by atoms with van der Waals surface area (Å²) < 4.78 is 0. The Labute approximate surface area is 144 Å². The van der Waals surface area contributed by atoms with Gasteiger partial charge in [-0.15, -0.1) is 0 Å². The number of rotatable bonds is 0. The molecule has 0 bridgehead atoms. The molecule has 0 aromatic heterocycles. The Bertz CT molecular complexity index is 263. The fourth-order valence-corrected chi connectivity index (χ4v) is 0.674. The summed E-state index contributed by atoms with van der Waals surface area (Å²) in [5.74, 6) is 0. The van der Waals surface area contributed by atoms with Crippen molar-refractivity contribution < 1.29 is 56.1 Å². The SMILES string of the molecule is CN1C=CN(C)C1.O=[N+]([O-])[O-].O=[N+]([O-])[O-].O=[N+]([O-])[O-].[Nd+3]. The molecule has 0 atom stereocenters.